The van der Waals surface area contributed by atoms with Crippen molar-refractivity contribution in [1.29, 1.82) is 0 Å². The summed E-state index contributed by atoms with van der Waals surface area (Å²) in [4.78, 5) is 4.88. The number of para-hydroxylation sites is 2. The number of rotatable bonds is 11. The Balaban J connectivity index is 1.40. The van der Waals surface area contributed by atoms with Gasteiger partial charge in [0.15, 0.2) is 0 Å². The van der Waals surface area contributed by atoms with Crippen molar-refractivity contribution in [3.05, 3.63) is 83.7 Å². The minimum atomic E-state index is 0.403. The van der Waals surface area contributed by atoms with Gasteiger partial charge in [-0.25, -0.2) is 4.98 Å². The Bertz CT molecular complexity index is 1210. The van der Waals surface area contributed by atoms with E-state index < -0.39 is 0 Å². The third-order valence-corrected chi connectivity index (χ3v) is 5.99. The van der Waals surface area contributed by atoms with E-state index in [1.807, 2.05) is 30.3 Å². The van der Waals surface area contributed by atoms with E-state index in [0.717, 1.165) is 53.5 Å². The highest BCUT2D eigenvalue weighted by atomic mass is 16.5. The van der Waals surface area contributed by atoms with Crippen LogP contribution < -0.4 is 14.2 Å². The largest absolute Gasteiger partial charge is 0.497 e. The molecule has 0 bridgehead atoms. The van der Waals surface area contributed by atoms with E-state index in [1.54, 1.807) is 7.11 Å². The summed E-state index contributed by atoms with van der Waals surface area (Å²) in [5.74, 6) is 4.00. The summed E-state index contributed by atoms with van der Waals surface area (Å²) in [6.07, 6.45) is 1.94. The Hall–Kier alpha value is -3.47. The van der Waals surface area contributed by atoms with E-state index in [2.05, 4.69) is 61.7 Å². The number of imidazole rings is 1. The number of ether oxygens (including phenoxy) is 3. The molecule has 34 heavy (non-hydrogen) atoms. The second-order valence-corrected chi connectivity index (χ2v) is 8.88. The predicted octanol–water partition coefficient (Wildman–Crippen LogP) is 6.91. The van der Waals surface area contributed by atoms with E-state index in [1.165, 1.54) is 11.1 Å². The highest BCUT2D eigenvalue weighted by Gasteiger charge is 2.13. The molecule has 1 heterocycles. The lowest BCUT2D eigenvalue weighted by Crippen LogP contribution is -2.09. The normalized spacial score (nSPS) is 11.2. The fraction of sp³-hybridized carbons (Fsp3) is 0.345. The van der Waals surface area contributed by atoms with E-state index in [0.29, 0.717) is 19.1 Å². The average molecular weight is 459 g/mol. The molecule has 0 atom stereocenters. The summed E-state index contributed by atoms with van der Waals surface area (Å²) < 4.78 is 19.7. The van der Waals surface area contributed by atoms with Gasteiger partial charge in [0.05, 0.1) is 24.8 Å². The minimum absolute atomic E-state index is 0.403. The predicted molar refractivity (Wildman–Crippen MR) is 137 cm³/mol. The molecule has 0 aliphatic heterocycles. The van der Waals surface area contributed by atoms with Crippen molar-refractivity contribution in [3.63, 3.8) is 0 Å². The molecule has 0 fully saturated rings. The first-order chi connectivity index (χ1) is 16.5. The second-order valence-electron chi connectivity index (χ2n) is 8.88. The summed E-state index contributed by atoms with van der Waals surface area (Å²) in [5.41, 5.74) is 4.57. The summed E-state index contributed by atoms with van der Waals surface area (Å²) in [5, 5.41) is 0. The van der Waals surface area contributed by atoms with Crippen LogP contribution in [-0.2, 0) is 13.2 Å². The molecule has 0 aliphatic carbocycles. The van der Waals surface area contributed by atoms with Crippen LogP contribution in [0.1, 0.15) is 49.6 Å². The molecule has 0 saturated carbocycles. The molecule has 5 heteroatoms. The van der Waals surface area contributed by atoms with Crippen LogP contribution >= 0.6 is 0 Å². The zero-order valence-electron chi connectivity index (χ0n) is 20.6. The average Bonchev–Trinajstić information content (AvgIpc) is 3.20. The molecule has 4 aromatic rings. The van der Waals surface area contributed by atoms with Crippen LogP contribution in [0.15, 0.2) is 66.7 Å². The maximum absolute atomic E-state index is 6.32. The van der Waals surface area contributed by atoms with Gasteiger partial charge >= 0.3 is 0 Å². The molecule has 0 radical (unpaired) electrons. The van der Waals surface area contributed by atoms with E-state index in [-0.39, 0.29) is 0 Å². The van der Waals surface area contributed by atoms with Crippen molar-refractivity contribution in [2.75, 3.05) is 13.7 Å². The van der Waals surface area contributed by atoms with Crippen molar-refractivity contribution < 1.29 is 14.2 Å². The topological polar surface area (TPSA) is 45.5 Å². The molecule has 0 saturated heterocycles. The fourth-order valence-corrected chi connectivity index (χ4v) is 4.10. The number of unbranched alkanes of at least 4 members (excludes halogenated alkanes) is 1. The van der Waals surface area contributed by atoms with Crippen molar-refractivity contribution in [1.82, 2.24) is 9.55 Å². The van der Waals surface area contributed by atoms with Gasteiger partial charge in [-0.1, -0.05) is 38.1 Å². The Morgan fingerprint density at radius 3 is 2.41 bits per heavy atom. The summed E-state index contributed by atoms with van der Waals surface area (Å²) in [7, 11) is 1.67. The third kappa shape index (κ3) is 5.71. The first-order valence-corrected chi connectivity index (χ1v) is 12.0. The summed E-state index contributed by atoms with van der Waals surface area (Å²) in [6, 6.07) is 22.4. The lowest BCUT2D eigenvalue weighted by molar-refractivity contribution is 0.282. The molecule has 3 aromatic carbocycles. The number of hydrogen-bond acceptors (Lipinski definition) is 4. The maximum Gasteiger partial charge on any atom is 0.147 e. The molecule has 178 valence electrons. The first-order valence-electron chi connectivity index (χ1n) is 12.0. The number of nitrogens with zero attached hydrogens (tertiary/aromatic N) is 2. The van der Waals surface area contributed by atoms with Gasteiger partial charge < -0.3 is 18.8 Å². The van der Waals surface area contributed by atoms with Gasteiger partial charge in [-0.2, -0.15) is 0 Å². The maximum atomic E-state index is 6.32. The molecule has 4 rings (SSSR count). The van der Waals surface area contributed by atoms with Gasteiger partial charge in [-0.05, 0) is 79.3 Å². The monoisotopic (exact) mass is 458 g/mol. The number of fused-ring (bicyclic) bond motifs is 1. The van der Waals surface area contributed by atoms with Crippen molar-refractivity contribution in [2.24, 2.45) is 0 Å². The molecule has 0 unspecified atom stereocenters. The highest BCUT2D eigenvalue weighted by molar-refractivity contribution is 5.75. The van der Waals surface area contributed by atoms with Crippen LogP contribution in [0.2, 0.25) is 0 Å². The molecule has 5 nitrogen and oxygen atoms in total. The number of aryl methyl sites for hydroxylation is 2. The van der Waals surface area contributed by atoms with Gasteiger partial charge in [0.1, 0.15) is 29.7 Å². The lowest BCUT2D eigenvalue weighted by Gasteiger charge is -2.16. The number of benzene rings is 3. The number of methoxy groups -OCH3 is 1. The standard InChI is InChI=1S/C29H34N2O3/c1-21(2)25-16-11-22(3)19-28(25)34-20-29-30-26-9-5-6-10-27(26)31(29)17-7-8-18-33-24-14-12-23(32-4)13-15-24/h5-6,9-16,19,21H,7-8,17-18,20H2,1-4H3. The minimum Gasteiger partial charge on any atom is -0.497 e. The SMILES string of the molecule is COc1ccc(OCCCCn2c(COc3cc(C)ccc3C(C)C)nc3ccccc32)cc1. The smallest absolute Gasteiger partial charge is 0.147 e. The van der Waals surface area contributed by atoms with Crippen LogP contribution in [0.3, 0.4) is 0 Å². The van der Waals surface area contributed by atoms with Crippen molar-refractivity contribution in [2.45, 2.75) is 52.7 Å². The Morgan fingerprint density at radius 1 is 0.882 bits per heavy atom. The summed E-state index contributed by atoms with van der Waals surface area (Å²) in [6.45, 7) is 8.48. The summed E-state index contributed by atoms with van der Waals surface area (Å²) >= 11 is 0. The van der Waals surface area contributed by atoms with Crippen LogP contribution in [0, 0.1) is 6.92 Å². The molecule has 0 spiro atoms. The molecule has 1 aromatic heterocycles. The van der Waals surface area contributed by atoms with Crippen LogP contribution in [-0.4, -0.2) is 23.3 Å². The highest BCUT2D eigenvalue weighted by Crippen LogP contribution is 2.28. The van der Waals surface area contributed by atoms with Gasteiger partial charge in [-0.15, -0.1) is 0 Å². The number of hydrogen-bond donors (Lipinski definition) is 0. The second kappa shape index (κ2) is 11.1. The van der Waals surface area contributed by atoms with Crippen LogP contribution in [0.5, 0.6) is 17.2 Å². The van der Waals surface area contributed by atoms with Gasteiger partial charge in [0.2, 0.25) is 0 Å². The van der Waals surface area contributed by atoms with E-state index in [9.17, 15) is 0 Å². The molecular formula is C29H34N2O3. The van der Waals surface area contributed by atoms with Gasteiger partial charge in [0, 0.05) is 6.54 Å². The van der Waals surface area contributed by atoms with Crippen molar-refractivity contribution >= 4 is 11.0 Å². The van der Waals surface area contributed by atoms with Crippen LogP contribution in [0.25, 0.3) is 11.0 Å². The molecular weight excluding hydrogens is 424 g/mol. The lowest BCUT2D eigenvalue weighted by atomic mass is 10.0. The Kier molecular flexibility index (Phi) is 7.73. The Morgan fingerprint density at radius 2 is 1.65 bits per heavy atom. The van der Waals surface area contributed by atoms with Crippen molar-refractivity contribution in [3.8, 4) is 17.2 Å². The van der Waals surface area contributed by atoms with E-state index >= 15 is 0 Å². The van der Waals surface area contributed by atoms with E-state index in [4.69, 9.17) is 19.2 Å². The number of aromatic nitrogens is 2. The quantitative estimate of drug-likeness (QED) is 0.229. The first kappa shape index (κ1) is 23.7. The Labute approximate surface area is 202 Å². The molecule has 0 N–H and O–H groups in total. The zero-order valence-corrected chi connectivity index (χ0v) is 20.6. The molecule has 0 amide bonds. The molecule has 0 aliphatic rings. The fourth-order valence-electron chi connectivity index (χ4n) is 4.10. The zero-order chi connectivity index (χ0) is 23.9. The van der Waals surface area contributed by atoms with Gasteiger partial charge in [-0.3, -0.25) is 0 Å². The third-order valence-electron chi connectivity index (χ3n) is 5.99. The van der Waals surface area contributed by atoms with Gasteiger partial charge in [0.25, 0.3) is 0 Å². The van der Waals surface area contributed by atoms with Crippen LogP contribution in [0.4, 0.5) is 0 Å².